The molecule has 2 atom stereocenters. The smallest absolute Gasteiger partial charge is 0.126 e. The molecule has 1 spiro atoms. The van der Waals surface area contributed by atoms with Crippen molar-refractivity contribution in [2.45, 2.75) is 31.0 Å². The second-order valence-corrected chi connectivity index (χ2v) is 5.02. The molecule has 0 bridgehead atoms. The molecule has 4 heteroatoms. The van der Waals surface area contributed by atoms with Crippen molar-refractivity contribution in [2.75, 3.05) is 19.8 Å². The molecule has 1 aromatic rings. The van der Waals surface area contributed by atoms with Crippen LogP contribution in [0.5, 0.6) is 5.75 Å². The minimum atomic E-state index is -0.265. The average Bonchev–Trinajstić information content (AvgIpc) is 2.77. The van der Waals surface area contributed by atoms with E-state index in [0.29, 0.717) is 19.0 Å². The first kappa shape index (κ1) is 11.9. The van der Waals surface area contributed by atoms with Crippen molar-refractivity contribution < 1.29 is 18.6 Å². The van der Waals surface area contributed by atoms with Gasteiger partial charge < -0.3 is 14.2 Å². The molecule has 0 aromatic heterocycles. The van der Waals surface area contributed by atoms with Gasteiger partial charge in [-0.15, -0.1) is 0 Å². The lowest BCUT2D eigenvalue weighted by Crippen LogP contribution is -2.44. The molecule has 2 heterocycles. The van der Waals surface area contributed by atoms with Crippen molar-refractivity contribution >= 4 is 0 Å². The number of hydrogen-bond donors (Lipinski definition) is 0. The Bertz CT molecular complexity index is 415. The molecular weight excluding hydrogens is 235 g/mol. The molecule has 1 aromatic carbocycles. The topological polar surface area (TPSA) is 27.7 Å². The van der Waals surface area contributed by atoms with E-state index in [4.69, 9.17) is 14.2 Å². The Kier molecular flexibility index (Phi) is 3.22. The first-order valence-corrected chi connectivity index (χ1v) is 6.40. The van der Waals surface area contributed by atoms with E-state index in [-0.39, 0.29) is 17.5 Å². The van der Waals surface area contributed by atoms with Crippen LogP contribution in [0.2, 0.25) is 0 Å². The van der Waals surface area contributed by atoms with Gasteiger partial charge in [0.2, 0.25) is 0 Å². The highest BCUT2D eigenvalue weighted by Crippen LogP contribution is 2.34. The Hall–Kier alpha value is -1.13. The fourth-order valence-corrected chi connectivity index (χ4v) is 2.68. The number of benzene rings is 1. The first-order valence-electron chi connectivity index (χ1n) is 6.40. The molecule has 2 aliphatic heterocycles. The summed E-state index contributed by atoms with van der Waals surface area (Å²) < 4.78 is 30.2. The highest BCUT2D eigenvalue weighted by molar-refractivity contribution is 5.22. The lowest BCUT2D eigenvalue weighted by molar-refractivity contribution is -0.112. The third-order valence-corrected chi connectivity index (χ3v) is 3.61. The number of ether oxygens (including phenoxy) is 3. The highest BCUT2D eigenvalue weighted by atomic mass is 19.1. The van der Waals surface area contributed by atoms with Gasteiger partial charge in [0.15, 0.2) is 0 Å². The SMILES string of the molecule is Fc1cccc(OC2CCOC3(CCOC3)C2)c1. The molecule has 0 radical (unpaired) electrons. The van der Waals surface area contributed by atoms with Gasteiger partial charge in [-0.3, -0.25) is 0 Å². The lowest BCUT2D eigenvalue weighted by atomic mass is 9.91. The van der Waals surface area contributed by atoms with Crippen molar-refractivity contribution in [3.8, 4) is 5.75 Å². The van der Waals surface area contributed by atoms with Gasteiger partial charge in [0, 0.05) is 31.9 Å². The van der Waals surface area contributed by atoms with E-state index in [1.54, 1.807) is 12.1 Å². The largest absolute Gasteiger partial charge is 0.490 e. The Morgan fingerprint density at radius 1 is 1.33 bits per heavy atom. The molecule has 0 N–H and O–H groups in total. The summed E-state index contributed by atoms with van der Waals surface area (Å²) in [6.07, 6.45) is 2.68. The Balaban J connectivity index is 1.66. The quantitative estimate of drug-likeness (QED) is 0.809. The zero-order valence-electron chi connectivity index (χ0n) is 10.2. The molecule has 2 unspecified atom stereocenters. The predicted molar refractivity (Wildman–Crippen MR) is 64.2 cm³/mol. The second kappa shape index (κ2) is 4.86. The minimum Gasteiger partial charge on any atom is -0.490 e. The summed E-state index contributed by atoms with van der Waals surface area (Å²) in [6.45, 7) is 2.09. The fraction of sp³-hybridized carbons (Fsp3) is 0.571. The van der Waals surface area contributed by atoms with Gasteiger partial charge in [-0.05, 0) is 12.1 Å². The predicted octanol–water partition coefficient (Wildman–Crippen LogP) is 2.54. The van der Waals surface area contributed by atoms with Gasteiger partial charge in [0.1, 0.15) is 17.7 Å². The normalized spacial score (nSPS) is 31.7. The van der Waals surface area contributed by atoms with Gasteiger partial charge in [-0.2, -0.15) is 0 Å². The second-order valence-electron chi connectivity index (χ2n) is 5.02. The van der Waals surface area contributed by atoms with Gasteiger partial charge in [0.25, 0.3) is 0 Å². The summed E-state index contributed by atoms with van der Waals surface area (Å²) in [6, 6.07) is 6.30. The molecule has 2 saturated heterocycles. The maximum atomic E-state index is 13.1. The molecule has 3 nitrogen and oxygen atoms in total. The Labute approximate surface area is 106 Å². The van der Waals surface area contributed by atoms with Crippen LogP contribution in [0, 0.1) is 5.82 Å². The van der Waals surface area contributed by atoms with Crippen molar-refractivity contribution in [3.63, 3.8) is 0 Å². The maximum absolute atomic E-state index is 13.1. The molecule has 98 valence electrons. The van der Waals surface area contributed by atoms with E-state index in [0.717, 1.165) is 25.9 Å². The summed E-state index contributed by atoms with van der Waals surface area (Å²) in [4.78, 5) is 0. The van der Waals surface area contributed by atoms with E-state index < -0.39 is 0 Å². The van der Waals surface area contributed by atoms with Crippen LogP contribution in [0.1, 0.15) is 19.3 Å². The number of hydrogen-bond acceptors (Lipinski definition) is 3. The molecular formula is C14H17FO3. The summed E-state index contributed by atoms with van der Waals surface area (Å²) in [5, 5.41) is 0. The van der Waals surface area contributed by atoms with Crippen molar-refractivity contribution in [2.24, 2.45) is 0 Å². The van der Waals surface area contributed by atoms with Gasteiger partial charge in [-0.25, -0.2) is 4.39 Å². The van der Waals surface area contributed by atoms with Crippen LogP contribution in [0.3, 0.4) is 0 Å². The van der Waals surface area contributed by atoms with Crippen LogP contribution in [-0.2, 0) is 9.47 Å². The zero-order valence-corrected chi connectivity index (χ0v) is 10.2. The van der Waals surface area contributed by atoms with E-state index in [9.17, 15) is 4.39 Å². The van der Waals surface area contributed by atoms with Crippen molar-refractivity contribution in [1.29, 1.82) is 0 Å². The minimum absolute atomic E-state index is 0.0854. The van der Waals surface area contributed by atoms with Crippen LogP contribution in [0.25, 0.3) is 0 Å². The van der Waals surface area contributed by atoms with Crippen LogP contribution in [0.4, 0.5) is 4.39 Å². The summed E-state index contributed by atoms with van der Waals surface area (Å²) in [7, 11) is 0. The summed E-state index contributed by atoms with van der Waals surface area (Å²) >= 11 is 0. The van der Waals surface area contributed by atoms with Crippen molar-refractivity contribution in [3.05, 3.63) is 30.1 Å². The van der Waals surface area contributed by atoms with Crippen LogP contribution in [-0.4, -0.2) is 31.5 Å². The third-order valence-electron chi connectivity index (χ3n) is 3.61. The lowest BCUT2D eigenvalue weighted by Gasteiger charge is -2.37. The summed E-state index contributed by atoms with van der Waals surface area (Å²) in [5.74, 6) is 0.328. The van der Waals surface area contributed by atoms with E-state index >= 15 is 0 Å². The standard InChI is InChI=1S/C14H17FO3/c15-11-2-1-3-12(8-11)18-13-4-6-17-14(9-13)5-7-16-10-14/h1-3,8,13H,4-7,9-10H2. The maximum Gasteiger partial charge on any atom is 0.126 e. The molecule has 0 saturated carbocycles. The number of rotatable bonds is 2. The van der Waals surface area contributed by atoms with Crippen LogP contribution >= 0.6 is 0 Å². The van der Waals surface area contributed by atoms with Gasteiger partial charge in [0.05, 0.1) is 18.8 Å². The van der Waals surface area contributed by atoms with Crippen molar-refractivity contribution in [1.82, 2.24) is 0 Å². The molecule has 2 fully saturated rings. The van der Waals surface area contributed by atoms with Crippen LogP contribution < -0.4 is 4.74 Å². The zero-order chi connectivity index (χ0) is 12.4. The van der Waals surface area contributed by atoms with E-state index in [2.05, 4.69) is 0 Å². The average molecular weight is 252 g/mol. The fourth-order valence-electron chi connectivity index (χ4n) is 2.68. The van der Waals surface area contributed by atoms with Gasteiger partial charge in [-0.1, -0.05) is 6.07 Å². The Morgan fingerprint density at radius 2 is 2.28 bits per heavy atom. The molecule has 0 amide bonds. The molecule has 18 heavy (non-hydrogen) atoms. The van der Waals surface area contributed by atoms with E-state index in [1.807, 2.05) is 0 Å². The number of halogens is 1. The third kappa shape index (κ3) is 2.49. The molecule has 3 rings (SSSR count). The van der Waals surface area contributed by atoms with Crippen LogP contribution in [0.15, 0.2) is 24.3 Å². The summed E-state index contributed by atoms with van der Waals surface area (Å²) in [5.41, 5.74) is -0.170. The first-order chi connectivity index (χ1) is 8.76. The van der Waals surface area contributed by atoms with Gasteiger partial charge >= 0.3 is 0 Å². The van der Waals surface area contributed by atoms with E-state index in [1.165, 1.54) is 12.1 Å². The highest BCUT2D eigenvalue weighted by Gasteiger charge is 2.41. The molecule has 2 aliphatic rings. The monoisotopic (exact) mass is 252 g/mol. The Morgan fingerprint density at radius 3 is 3.06 bits per heavy atom. The molecule has 0 aliphatic carbocycles.